The predicted molar refractivity (Wildman–Crippen MR) is 95.5 cm³/mol. The van der Waals surface area contributed by atoms with E-state index in [0.717, 1.165) is 22.4 Å². The Hall–Kier alpha value is -2.82. The summed E-state index contributed by atoms with van der Waals surface area (Å²) in [6.07, 6.45) is -0.246. The van der Waals surface area contributed by atoms with E-state index in [1.807, 2.05) is 32.9 Å². The van der Waals surface area contributed by atoms with Gasteiger partial charge in [-0.2, -0.15) is 0 Å². The minimum atomic E-state index is -0.372. The van der Waals surface area contributed by atoms with Gasteiger partial charge in [-0.05, 0) is 44.0 Å². The molecule has 0 heterocycles. The van der Waals surface area contributed by atoms with Crippen molar-refractivity contribution >= 4 is 23.2 Å². The Morgan fingerprint density at radius 3 is 2.21 bits per heavy atom. The summed E-state index contributed by atoms with van der Waals surface area (Å²) in [6.45, 7) is 5.88. The van der Waals surface area contributed by atoms with Crippen molar-refractivity contribution in [2.75, 3.05) is 17.7 Å². The summed E-state index contributed by atoms with van der Waals surface area (Å²) >= 11 is 0. The van der Waals surface area contributed by atoms with E-state index in [1.54, 1.807) is 31.4 Å². The van der Waals surface area contributed by atoms with Crippen LogP contribution in [0.5, 0.6) is 5.75 Å². The second kappa shape index (κ2) is 7.64. The van der Waals surface area contributed by atoms with Gasteiger partial charge in [-0.3, -0.25) is 9.59 Å². The third-order valence-electron chi connectivity index (χ3n) is 3.62. The highest BCUT2D eigenvalue weighted by molar-refractivity contribution is 6.08. The molecule has 0 spiro atoms. The fourth-order valence-corrected chi connectivity index (χ4v) is 2.61. The zero-order valence-electron chi connectivity index (χ0n) is 14.4. The Morgan fingerprint density at radius 1 is 0.958 bits per heavy atom. The smallest absolute Gasteiger partial charge is 0.233 e. The van der Waals surface area contributed by atoms with Crippen molar-refractivity contribution in [2.45, 2.75) is 27.2 Å². The fraction of sp³-hybridized carbons (Fsp3) is 0.263. The first-order valence-electron chi connectivity index (χ1n) is 7.70. The number of methoxy groups -OCH3 is 1. The number of anilines is 2. The van der Waals surface area contributed by atoms with Gasteiger partial charge in [0.15, 0.2) is 0 Å². The van der Waals surface area contributed by atoms with Crippen LogP contribution in [0, 0.1) is 20.8 Å². The van der Waals surface area contributed by atoms with Crippen molar-refractivity contribution in [3.8, 4) is 5.75 Å². The van der Waals surface area contributed by atoms with E-state index in [0.29, 0.717) is 11.4 Å². The third kappa shape index (κ3) is 4.59. The molecule has 24 heavy (non-hydrogen) atoms. The van der Waals surface area contributed by atoms with Crippen LogP contribution in [0.4, 0.5) is 11.4 Å². The standard InChI is InChI=1S/C19H22N2O3/c1-12-8-13(2)19(14(3)9-12)21-18(23)11-17(22)20-15-6-5-7-16(10-15)24-4/h5-10H,11H2,1-4H3,(H,20,22)(H,21,23). The predicted octanol–water partition coefficient (Wildman–Crippen LogP) is 3.59. The Labute approximate surface area is 142 Å². The molecule has 0 aliphatic heterocycles. The molecule has 0 aliphatic rings. The molecule has 0 aliphatic carbocycles. The number of nitrogens with one attached hydrogen (secondary N) is 2. The molecule has 2 aromatic rings. The summed E-state index contributed by atoms with van der Waals surface area (Å²) in [4.78, 5) is 24.2. The molecule has 2 amide bonds. The Kier molecular flexibility index (Phi) is 5.58. The number of hydrogen-bond acceptors (Lipinski definition) is 3. The summed E-state index contributed by atoms with van der Waals surface area (Å²) in [5.41, 5.74) is 4.46. The molecule has 2 rings (SSSR count). The van der Waals surface area contributed by atoms with Gasteiger partial charge in [-0.25, -0.2) is 0 Å². The van der Waals surface area contributed by atoms with Crippen molar-refractivity contribution in [1.29, 1.82) is 0 Å². The van der Waals surface area contributed by atoms with Gasteiger partial charge >= 0.3 is 0 Å². The molecule has 0 fully saturated rings. The normalized spacial score (nSPS) is 10.2. The molecular formula is C19H22N2O3. The lowest BCUT2D eigenvalue weighted by atomic mass is 10.0. The zero-order chi connectivity index (χ0) is 17.7. The van der Waals surface area contributed by atoms with Crippen LogP contribution in [0.2, 0.25) is 0 Å². The van der Waals surface area contributed by atoms with E-state index in [-0.39, 0.29) is 18.2 Å². The molecule has 0 unspecified atom stereocenters. The molecular weight excluding hydrogens is 304 g/mol. The number of carbonyl (C=O) groups is 2. The van der Waals surface area contributed by atoms with E-state index in [1.165, 1.54) is 0 Å². The van der Waals surface area contributed by atoms with Crippen LogP contribution < -0.4 is 15.4 Å². The van der Waals surface area contributed by atoms with Gasteiger partial charge in [0, 0.05) is 17.4 Å². The first-order valence-corrected chi connectivity index (χ1v) is 7.70. The molecule has 5 heteroatoms. The zero-order valence-corrected chi connectivity index (χ0v) is 14.4. The van der Waals surface area contributed by atoms with Gasteiger partial charge < -0.3 is 15.4 Å². The summed E-state index contributed by atoms with van der Waals surface area (Å²) in [7, 11) is 1.56. The largest absolute Gasteiger partial charge is 0.497 e. The maximum Gasteiger partial charge on any atom is 0.233 e. The van der Waals surface area contributed by atoms with E-state index in [9.17, 15) is 9.59 Å². The number of benzene rings is 2. The van der Waals surface area contributed by atoms with Crippen LogP contribution in [0.15, 0.2) is 36.4 Å². The first-order chi connectivity index (χ1) is 11.4. The van der Waals surface area contributed by atoms with Crippen LogP contribution in [0.25, 0.3) is 0 Å². The van der Waals surface area contributed by atoms with Gasteiger partial charge in [0.2, 0.25) is 11.8 Å². The molecule has 0 saturated heterocycles. The lowest BCUT2D eigenvalue weighted by molar-refractivity contribution is -0.123. The molecule has 0 bridgehead atoms. The van der Waals surface area contributed by atoms with Crippen LogP contribution in [-0.2, 0) is 9.59 Å². The number of aryl methyl sites for hydroxylation is 3. The Morgan fingerprint density at radius 2 is 1.58 bits per heavy atom. The molecule has 0 saturated carbocycles. The molecule has 0 aromatic heterocycles. The highest BCUT2D eigenvalue weighted by Gasteiger charge is 2.13. The van der Waals surface area contributed by atoms with Gasteiger partial charge in [0.25, 0.3) is 0 Å². The lowest BCUT2D eigenvalue weighted by Crippen LogP contribution is -2.22. The fourth-order valence-electron chi connectivity index (χ4n) is 2.61. The Bertz CT molecular complexity index is 746. The van der Waals surface area contributed by atoms with Crippen molar-refractivity contribution in [1.82, 2.24) is 0 Å². The van der Waals surface area contributed by atoms with Gasteiger partial charge in [0.1, 0.15) is 12.2 Å². The Balaban J connectivity index is 1.98. The molecule has 2 N–H and O–H groups in total. The number of carbonyl (C=O) groups excluding carboxylic acids is 2. The monoisotopic (exact) mass is 326 g/mol. The van der Waals surface area contributed by atoms with Gasteiger partial charge in [0.05, 0.1) is 7.11 Å². The van der Waals surface area contributed by atoms with Crippen molar-refractivity contribution < 1.29 is 14.3 Å². The van der Waals surface area contributed by atoms with Crippen molar-refractivity contribution in [2.24, 2.45) is 0 Å². The number of hydrogen-bond donors (Lipinski definition) is 2. The summed E-state index contributed by atoms with van der Waals surface area (Å²) in [5, 5.41) is 5.51. The topological polar surface area (TPSA) is 67.4 Å². The van der Waals surface area contributed by atoms with Gasteiger partial charge in [-0.1, -0.05) is 23.8 Å². The molecule has 5 nitrogen and oxygen atoms in total. The summed E-state index contributed by atoms with van der Waals surface area (Å²) < 4.78 is 5.10. The lowest BCUT2D eigenvalue weighted by Gasteiger charge is -2.13. The van der Waals surface area contributed by atoms with Crippen LogP contribution in [0.1, 0.15) is 23.1 Å². The van der Waals surface area contributed by atoms with E-state index >= 15 is 0 Å². The SMILES string of the molecule is COc1cccc(NC(=O)CC(=O)Nc2c(C)cc(C)cc2C)c1. The molecule has 0 radical (unpaired) electrons. The summed E-state index contributed by atoms with van der Waals surface area (Å²) in [5.74, 6) is -0.0724. The van der Waals surface area contributed by atoms with Crippen LogP contribution >= 0.6 is 0 Å². The second-order valence-electron chi connectivity index (χ2n) is 5.78. The minimum absolute atomic E-state index is 0.246. The molecule has 0 atom stereocenters. The molecule has 126 valence electrons. The van der Waals surface area contributed by atoms with Gasteiger partial charge in [-0.15, -0.1) is 0 Å². The number of amides is 2. The van der Waals surface area contributed by atoms with Crippen LogP contribution in [0.3, 0.4) is 0 Å². The highest BCUT2D eigenvalue weighted by Crippen LogP contribution is 2.22. The van der Waals surface area contributed by atoms with E-state index in [2.05, 4.69) is 10.6 Å². The maximum absolute atomic E-state index is 12.1. The number of ether oxygens (including phenoxy) is 1. The third-order valence-corrected chi connectivity index (χ3v) is 3.62. The van der Waals surface area contributed by atoms with E-state index < -0.39 is 0 Å². The summed E-state index contributed by atoms with van der Waals surface area (Å²) in [6, 6.07) is 11.0. The van der Waals surface area contributed by atoms with Crippen LogP contribution in [-0.4, -0.2) is 18.9 Å². The average molecular weight is 326 g/mol. The number of rotatable bonds is 5. The van der Waals surface area contributed by atoms with Crippen molar-refractivity contribution in [3.05, 3.63) is 53.1 Å². The highest BCUT2D eigenvalue weighted by atomic mass is 16.5. The first kappa shape index (κ1) is 17.5. The quantitative estimate of drug-likeness (QED) is 0.825. The van der Waals surface area contributed by atoms with Crippen molar-refractivity contribution in [3.63, 3.8) is 0 Å². The second-order valence-corrected chi connectivity index (χ2v) is 5.78. The minimum Gasteiger partial charge on any atom is -0.497 e. The average Bonchev–Trinajstić information content (AvgIpc) is 2.50. The maximum atomic E-state index is 12.1. The van der Waals surface area contributed by atoms with E-state index in [4.69, 9.17) is 4.74 Å². The molecule has 2 aromatic carbocycles.